The van der Waals surface area contributed by atoms with E-state index in [0.717, 1.165) is 6.42 Å². The Balaban J connectivity index is 2.62. The molecule has 0 bridgehead atoms. The topological polar surface area (TPSA) is 29.5 Å². The van der Waals surface area contributed by atoms with Gasteiger partial charge in [-0.1, -0.05) is 28.9 Å². The molecule has 96 valence electrons. The van der Waals surface area contributed by atoms with Gasteiger partial charge in [0.2, 0.25) is 5.91 Å². The molecule has 1 aromatic rings. The van der Waals surface area contributed by atoms with Crippen LogP contribution in [0.3, 0.4) is 0 Å². The Kier molecular flexibility index (Phi) is 6.77. The minimum Gasteiger partial charge on any atom is -0.383 e. The molecule has 1 heterocycles. The van der Waals surface area contributed by atoms with E-state index in [4.69, 9.17) is 4.74 Å². The molecular weight excluding hydrogens is 302 g/mol. The first-order valence-corrected chi connectivity index (χ1v) is 7.42. The average molecular weight is 320 g/mol. The minimum atomic E-state index is -0.0979. The summed E-state index contributed by atoms with van der Waals surface area (Å²) < 4.78 is 5.05. The standard InChI is InChI=1S/C12H18BrNO2S/c1-3-11(13)12(15)14(6-7-16-2)9-10-5-4-8-17-10/h4-5,8,11H,3,6-7,9H2,1-2H3. The summed E-state index contributed by atoms with van der Waals surface area (Å²) in [6.07, 6.45) is 0.798. The van der Waals surface area contributed by atoms with Gasteiger partial charge >= 0.3 is 0 Å². The number of nitrogens with zero attached hydrogens (tertiary/aromatic N) is 1. The van der Waals surface area contributed by atoms with Crippen molar-refractivity contribution in [2.45, 2.75) is 24.7 Å². The molecule has 0 aliphatic carbocycles. The van der Waals surface area contributed by atoms with Crippen LogP contribution in [-0.4, -0.2) is 35.9 Å². The highest BCUT2D eigenvalue weighted by Gasteiger charge is 2.20. The van der Waals surface area contributed by atoms with Crippen LogP contribution in [0.1, 0.15) is 18.2 Å². The molecule has 0 spiro atoms. The predicted octanol–water partition coefficient (Wildman–Crippen LogP) is 2.90. The van der Waals surface area contributed by atoms with Gasteiger partial charge in [0.1, 0.15) is 0 Å². The van der Waals surface area contributed by atoms with Crippen LogP contribution in [0, 0.1) is 0 Å². The van der Waals surface area contributed by atoms with Crippen LogP contribution in [0.25, 0.3) is 0 Å². The van der Waals surface area contributed by atoms with Crippen molar-refractivity contribution in [3.63, 3.8) is 0 Å². The summed E-state index contributed by atoms with van der Waals surface area (Å²) in [5.74, 6) is 0.137. The van der Waals surface area contributed by atoms with E-state index in [1.54, 1.807) is 18.4 Å². The Morgan fingerprint density at radius 2 is 2.41 bits per heavy atom. The molecule has 5 heteroatoms. The maximum Gasteiger partial charge on any atom is 0.236 e. The first-order chi connectivity index (χ1) is 8.19. The fraction of sp³-hybridized carbons (Fsp3) is 0.583. The summed E-state index contributed by atoms with van der Waals surface area (Å²) in [5.41, 5.74) is 0. The van der Waals surface area contributed by atoms with Gasteiger partial charge in [0, 0.05) is 18.5 Å². The van der Waals surface area contributed by atoms with Crippen LogP contribution in [0.4, 0.5) is 0 Å². The molecule has 1 atom stereocenters. The van der Waals surface area contributed by atoms with Crippen LogP contribution < -0.4 is 0 Å². The third-order valence-corrected chi connectivity index (χ3v) is 4.33. The molecular formula is C12H18BrNO2S. The molecule has 0 aliphatic rings. The molecule has 3 nitrogen and oxygen atoms in total. The minimum absolute atomic E-state index is 0.0979. The molecule has 17 heavy (non-hydrogen) atoms. The quantitative estimate of drug-likeness (QED) is 0.723. The smallest absolute Gasteiger partial charge is 0.236 e. The van der Waals surface area contributed by atoms with Crippen molar-refractivity contribution < 1.29 is 9.53 Å². The third kappa shape index (κ3) is 4.77. The SMILES string of the molecule is CCC(Br)C(=O)N(CCOC)Cc1cccs1. The Labute approximate surface area is 115 Å². The predicted molar refractivity (Wildman–Crippen MR) is 74.6 cm³/mol. The average Bonchev–Trinajstić information content (AvgIpc) is 2.85. The molecule has 0 saturated carbocycles. The summed E-state index contributed by atoms with van der Waals surface area (Å²) in [5, 5.41) is 2.03. The van der Waals surface area contributed by atoms with Crippen LogP contribution >= 0.6 is 27.3 Å². The van der Waals surface area contributed by atoms with Crippen LogP contribution in [-0.2, 0) is 16.1 Å². The van der Waals surface area contributed by atoms with Gasteiger partial charge in [-0.2, -0.15) is 0 Å². The van der Waals surface area contributed by atoms with Gasteiger partial charge in [0.15, 0.2) is 0 Å². The normalized spacial score (nSPS) is 12.4. The van der Waals surface area contributed by atoms with Crippen LogP contribution in [0.15, 0.2) is 17.5 Å². The molecule has 0 aromatic carbocycles. The van der Waals surface area contributed by atoms with Crippen molar-refractivity contribution in [3.8, 4) is 0 Å². The zero-order valence-electron chi connectivity index (χ0n) is 10.2. The number of amides is 1. The first kappa shape index (κ1) is 14.7. The second-order valence-corrected chi connectivity index (χ2v) is 5.85. The Morgan fingerprint density at radius 1 is 1.65 bits per heavy atom. The molecule has 0 radical (unpaired) electrons. The van der Waals surface area contributed by atoms with Crippen molar-refractivity contribution in [3.05, 3.63) is 22.4 Å². The number of thiophene rings is 1. The lowest BCUT2D eigenvalue weighted by Crippen LogP contribution is -2.37. The maximum atomic E-state index is 12.1. The van der Waals surface area contributed by atoms with E-state index in [2.05, 4.69) is 15.9 Å². The van der Waals surface area contributed by atoms with Gasteiger partial charge in [-0.25, -0.2) is 0 Å². The molecule has 0 saturated heterocycles. The molecule has 1 rings (SSSR count). The second kappa shape index (κ2) is 7.84. The number of hydrogen-bond acceptors (Lipinski definition) is 3. The Bertz CT molecular complexity index is 329. The monoisotopic (exact) mass is 319 g/mol. The van der Waals surface area contributed by atoms with Gasteiger partial charge in [0.25, 0.3) is 0 Å². The van der Waals surface area contributed by atoms with Crippen LogP contribution in [0.5, 0.6) is 0 Å². The van der Waals surface area contributed by atoms with E-state index >= 15 is 0 Å². The van der Waals surface area contributed by atoms with Crippen molar-refractivity contribution in [1.82, 2.24) is 4.90 Å². The lowest BCUT2D eigenvalue weighted by Gasteiger charge is -2.24. The largest absolute Gasteiger partial charge is 0.383 e. The molecule has 0 fully saturated rings. The zero-order chi connectivity index (χ0) is 12.7. The Hall–Kier alpha value is -0.390. The number of hydrogen-bond donors (Lipinski definition) is 0. The van der Waals surface area contributed by atoms with E-state index < -0.39 is 0 Å². The maximum absolute atomic E-state index is 12.1. The molecule has 0 aliphatic heterocycles. The van der Waals surface area contributed by atoms with Gasteiger partial charge < -0.3 is 9.64 Å². The molecule has 1 aromatic heterocycles. The number of carbonyl (C=O) groups is 1. The van der Waals surface area contributed by atoms with Crippen molar-refractivity contribution in [2.75, 3.05) is 20.3 Å². The number of halogens is 1. The number of methoxy groups -OCH3 is 1. The summed E-state index contributed by atoms with van der Waals surface area (Å²) in [4.78, 5) is 15.1. The lowest BCUT2D eigenvalue weighted by atomic mass is 10.3. The summed E-state index contributed by atoms with van der Waals surface area (Å²) in [6.45, 7) is 3.87. The Morgan fingerprint density at radius 3 is 2.94 bits per heavy atom. The fourth-order valence-corrected chi connectivity index (χ4v) is 2.44. The summed E-state index contributed by atoms with van der Waals surface area (Å²) in [7, 11) is 1.65. The van der Waals surface area contributed by atoms with Crippen molar-refractivity contribution in [2.24, 2.45) is 0 Å². The summed E-state index contributed by atoms with van der Waals surface area (Å²) >= 11 is 5.08. The summed E-state index contributed by atoms with van der Waals surface area (Å²) in [6, 6.07) is 4.05. The van der Waals surface area contributed by atoms with Crippen molar-refractivity contribution >= 4 is 33.2 Å². The van der Waals surface area contributed by atoms with Gasteiger partial charge in [-0.15, -0.1) is 11.3 Å². The van der Waals surface area contributed by atoms with E-state index in [0.29, 0.717) is 19.7 Å². The number of ether oxygens (including phenoxy) is 1. The van der Waals surface area contributed by atoms with Gasteiger partial charge in [-0.05, 0) is 17.9 Å². The molecule has 0 N–H and O–H groups in total. The van der Waals surface area contributed by atoms with Crippen LogP contribution in [0.2, 0.25) is 0 Å². The van der Waals surface area contributed by atoms with E-state index in [1.165, 1.54) is 4.88 Å². The number of rotatable bonds is 7. The van der Waals surface area contributed by atoms with Gasteiger partial charge in [-0.3, -0.25) is 4.79 Å². The second-order valence-electron chi connectivity index (χ2n) is 3.71. The van der Waals surface area contributed by atoms with E-state index in [9.17, 15) is 4.79 Å². The lowest BCUT2D eigenvalue weighted by molar-refractivity contribution is -0.131. The highest BCUT2D eigenvalue weighted by Crippen LogP contribution is 2.15. The highest BCUT2D eigenvalue weighted by molar-refractivity contribution is 9.10. The zero-order valence-corrected chi connectivity index (χ0v) is 12.6. The number of alkyl halides is 1. The fourth-order valence-electron chi connectivity index (χ4n) is 1.43. The third-order valence-electron chi connectivity index (χ3n) is 2.43. The van der Waals surface area contributed by atoms with Gasteiger partial charge in [0.05, 0.1) is 18.0 Å². The van der Waals surface area contributed by atoms with E-state index in [-0.39, 0.29) is 10.7 Å². The van der Waals surface area contributed by atoms with Crippen molar-refractivity contribution in [1.29, 1.82) is 0 Å². The molecule has 1 amide bonds. The number of carbonyl (C=O) groups excluding carboxylic acids is 1. The van der Waals surface area contributed by atoms with E-state index in [1.807, 2.05) is 29.3 Å². The first-order valence-electron chi connectivity index (χ1n) is 5.63. The molecule has 1 unspecified atom stereocenters. The highest BCUT2D eigenvalue weighted by atomic mass is 79.9.